The Hall–Kier alpha value is -1.81. The zero-order valence-electron chi connectivity index (χ0n) is 11.5. The predicted molar refractivity (Wildman–Crippen MR) is 84.2 cm³/mol. The first-order valence-corrected chi connectivity index (χ1v) is 8.02. The summed E-state index contributed by atoms with van der Waals surface area (Å²) in [4.78, 5) is 0. The molecule has 0 heterocycles. The molecule has 2 aromatic rings. The highest BCUT2D eigenvalue weighted by atomic mass is 32.2. The lowest BCUT2D eigenvalue weighted by atomic mass is 10.1. The minimum Gasteiger partial charge on any atom is -0.490 e. The Balaban J connectivity index is 1.82. The zero-order chi connectivity index (χ0) is 14.4. The van der Waals surface area contributed by atoms with Crippen molar-refractivity contribution in [1.29, 1.82) is 0 Å². The molecule has 2 rings (SSSR count). The molecule has 0 aliphatic rings. The minimum atomic E-state index is -0.927. The van der Waals surface area contributed by atoms with E-state index in [1.807, 2.05) is 49.4 Å². The Morgan fingerprint density at radius 2 is 1.80 bits per heavy atom. The summed E-state index contributed by atoms with van der Waals surface area (Å²) in [5.74, 6) is 1.73. The van der Waals surface area contributed by atoms with Crippen LogP contribution in [-0.2, 0) is 16.6 Å². The summed E-state index contributed by atoms with van der Waals surface area (Å²) in [6.07, 6.45) is 0. The average Bonchev–Trinajstić information content (AvgIpc) is 2.43. The van der Waals surface area contributed by atoms with Gasteiger partial charge in [0.1, 0.15) is 5.75 Å². The maximum Gasteiger partial charge on any atom is 0.142 e. The molecule has 2 N–H and O–H groups in total. The van der Waals surface area contributed by atoms with Crippen LogP contribution < -0.4 is 10.5 Å². The summed E-state index contributed by atoms with van der Waals surface area (Å²) in [5.41, 5.74) is 8.69. The largest absolute Gasteiger partial charge is 0.490 e. The van der Waals surface area contributed by atoms with E-state index in [0.717, 1.165) is 5.56 Å². The van der Waals surface area contributed by atoms with E-state index < -0.39 is 10.8 Å². The van der Waals surface area contributed by atoms with Crippen molar-refractivity contribution >= 4 is 16.5 Å². The van der Waals surface area contributed by atoms with E-state index in [-0.39, 0.29) is 0 Å². The monoisotopic (exact) mass is 289 g/mol. The molecular formula is C16H19NO2S. The Labute approximate surface area is 122 Å². The molecule has 4 heteroatoms. The lowest BCUT2D eigenvalue weighted by Crippen LogP contribution is -2.11. The number of aryl methyl sites for hydroxylation is 1. The first-order chi connectivity index (χ1) is 9.66. The molecule has 0 radical (unpaired) electrons. The van der Waals surface area contributed by atoms with Crippen LogP contribution in [0.5, 0.6) is 5.75 Å². The van der Waals surface area contributed by atoms with Crippen LogP contribution in [0.4, 0.5) is 5.69 Å². The third-order valence-electron chi connectivity index (χ3n) is 3.07. The number of rotatable bonds is 6. The molecule has 20 heavy (non-hydrogen) atoms. The van der Waals surface area contributed by atoms with Crippen LogP contribution in [0.1, 0.15) is 11.1 Å². The molecule has 106 valence electrons. The number of nitrogens with two attached hydrogens (primary N) is 1. The van der Waals surface area contributed by atoms with Gasteiger partial charge in [-0.1, -0.05) is 36.4 Å². The smallest absolute Gasteiger partial charge is 0.142 e. The number of para-hydroxylation sites is 2. The van der Waals surface area contributed by atoms with Crippen LogP contribution in [0.3, 0.4) is 0 Å². The van der Waals surface area contributed by atoms with E-state index in [2.05, 4.69) is 0 Å². The SMILES string of the molecule is Cc1ccccc1CS(=O)CCOc1ccccc1N. The molecule has 0 aliphatic carbocycles. The van der Waals surface area contributed by atoms with Gasteiger partial charge in [-0.2, -0.15) is 0 Å². The second-order valence-corrected chi connectivity index (χ2v) is 6.18. The summed E-state index contributed by atoms with van der Waals surface area (Å²) in [5, 5.41) is 0. The molecule has 0 fully saturated rings. The topological polar surface area (TPSA) is 52.3 Å². The molecule has 3 nitrogen and oxygen atoms in total. The molecule has 0 bridgehead atoms. The molecule has 0 aliphatic heterocycles. The Morgan fingerprint density at radius 3 is 2.55 bits per heavy atom. The van der Waals surface area contributed by atoms with Crippen LogP contribution in [-0.4, -0.2) is 16.6 Å². The number of hydrogen-bond donors (Lipinski definition) is 1. The van der Waals surface area contributed by atoms with Crippen LogP contribution in [0.15, 0.2) is 48.5 Å². The summed E-state index contributed by atoms with van der Waals surface area (Å²) >= 11 is 0. The third kappa shape index (κ3) is 4.10. The van der Waals surface area contributed by atoms with Gasteiger partial charge in [0.15, 0.2) is 0 Å². The van der Waals surface area contributed by atoms with Gasteiger partial charge < -0.3 is 10.5 Å². The number of benzene rings is 2. The molecule has 0 aromatic heterocycles. The normalized spacial score (nSPS) is 12.1. The predicted octanol–water partition coefficient (Wildman–Crippen LogP) is 2.90. The molecule has 0 spiro atoms. The molecular weight excluding hydrogens is 270 g/mol. The van der Waals surface area contributed by atoms with Gasteiger partial charge in [0.25, 0.3) is 0 Å². The van der Waals surface area contributed by atoms with Gasteiger partial charge in [0.2, 0.25) is 0 Å². The minimum absolute atomic E-state index is 0.409. The van der Waals surface area contributed by atoms with Crippen LogP contribution in [0.25, 0.3) is 0 Å². The maximum atomic E-state index is 12.0. The molecule has 0 saturated carbocycles. The quantitative estimate of drug-likeness (QED) is 0.832. The molecule has 1 unspecified atom stereocenters. The number of ether oxygens (including phenoxy) is 1. The maximum absolute atomic E-state index is 12.0. The van der Waals surface area contributed by atoms with Gasteiger partial charge in [0, 0.05) is 16.6 Å². The fraction of sp³-hybridized carbons (Fsp3) is 0.250. The summed E-state index contributed by atoms with van der Waals surface area (Å²) in [6.45, 7) is 2.44. The first-order valence-electron chi connectivity index (χ1n) is 6.53. The van der Waals surface area contributed by atoms with E-state index in [1.165, 1.54) is 5.56 Å². The Bertz CT molecular complexity index is 599. The first kappa shape index (κ1) is 14.6. The van der Waals surface area contributed by atoms with Crippen molar-refractivity contribution in [1.82, 2.24) is 0 Å². The highest BCUT2D eigenvalue weighted by Crippen LogP contribution is 2.19. The van der Waals surface area contributed by atoms with E-state index in [4.69, 9.17) is 10.5 Å². The lowest BCUT2D eigenvalue weighted by Gasteiger charge is -2.09. The van der Waals surface area contributed by atoms with Crippen molar-refractivity contribution in [3.63, 3.8) is 0 Å². The number of nitrogen functional groups attached to an aromatic ring is 1. The molecule has 2 aromatic carbocycles. The van der Waals surface area contributed by atoms with Crippen LogP contribution in [0, 0.1) is 6.92 Å². The van der Waals surface area contributed by atoms with Crippen molar-refractivity contribution < 1.29 is 8.95 Å². The van der Waals surface area contributed by atoms with Crippen molar-refractivity contribution in [3.05, 3.63) is 59.7 Å². The van der Waals surface area contributed by atoms with Crippen molar-refractivity contribution in [3.8, 4) is 5.75 Å². The van der Waals surface area contributed by atoms with Crippen molar-refractivity contribution in [2.24, 2.45) is 0 Å². The van der Waals surface area contributed by atoms with Crippen LogP contribution >= 0.6 is 0 Å². The van der Waals surface area contributed by atoms with Crippen molar-refractivity contribution in [2.75, 3.05) is 18.1 Å². The van der Waals surface area contributed by atoms with E-state index in [0.29, 0.717) is 29.5 Å². The summed E-state index contributed by atoms with van der Waals surface area (Å²) < 4.78 is 17.6. The van der Waals surface area contributed by atoms with E-state index >= 15 is 0 Å². The average molecular weight is 289 g/mol. The van der Waals surface area contributed by atoms with Gasteiger partial charge >= 0.3 is 0 Å². The highest BCUT2D eigenvalue weighted by Gasteiger charge is 2.05. The molecule has 0 amide bonds. The number of hydrogen-bond acceptors (Lipinski definition) is 3. The second kappa shape index (κ2) is 7.10. The highest BCUT2D eigenvalue weighted by molar-refractivity contribution is 7.84. The van der Waals surface area contributed by atoms with Gasteiger partial charge in [-0.05, 0) is 30.2 Å². The van der Waals surface area contributed by atoms with Gasteiger partial charge in [-0.15, -0.1) is 0 Å². The van der Waals surface area contributed by atoms with E-state index in [9.17, 15) is 4.21 Å². The summed E-state index contributed by atoms with van der Waals surface area (Å²) in [7, 11) is -0.927. The van der Waals surface area contributed by atoms with Crippen molar-refractivity contribution in [2.45, 2.75) is 12.7 Å². The Kier molecular flexibility index (Phi) is 5.18. The fourth-order valence-corrected chi connectivity index (χ4v) is 2.96. The zero-order valence-corrected chi connectivity index (χ0v) is 12.4. The van der Waals surface area contributed by atoms with Gasteiger partial charge in [-0.25, -0.2) is 0 Å². The van der Waals surface area contributed by atoms with Gasteiger partial charge in [-0.3, -0.25) is 4.21 Å². The Morgan fingerprint density at radius 1 is 1.10 bits per heavy atom. The van der Waals surface area contributed by atoms with E-state index in [1.54, 1.807) is 6.07 Å². The second-order valence-electron chi connectivity index (χ2n) is 4.60. The standard InChI is InChI=1S/C16H19NO2S/c1-13-6-2-3-7-14(13)12-20(18)11-10-19-16-9-5-4-8-15(16)17/h2-9H,10-12,17H2,1H3. The molecule has 1 atom stereocenters. The lowest BCUT2D eigenvalue weighted by molar-refractivity contribution is 0.344. The fourth-order valence-electron chi connectivity index (χ4n) is 1.87. The van der Waals surface area contributed by atoms with Crippen LogP contribution in [0.2, 0.25) is 0 Å². The molecule has 0 saturated heterocycles. The van der Waals surface area contributed by atoms with Gasteiger partial charge in [0.05, 0.1) is 18.0 Å². The summed E-state index contributed by atoms with van der Waals surface area (Å²) in [6, 6.07) is 15.4. The number of anilines is 1. The third-order valence-corrected chi connectivity index (χ3v) is 4.32.